The first-order valence-corrected chi connectivity index (χ1v) is 5.61. The molecule has 2 unspecified atom stereocenters. The van der Waals surface area contributed by atoms with E-state index in [1.54, 1.807) is 5.01 Å². The van der Waals surface area contributed by atoms with Gasteiger partial charge in [0.2, 0.25) is 5.91 Å². The van der Waals surface area contributed by atoms with E-state index in [4.69, 9.17) is 5.11 Å². The molecule has 1 aliphatic heterocycles. The highest BCUT2D eigenvalue weighted by molar-refractivity contribution is 5.78. The lowest BCUT2D eigenvalue weighted by Gasteiger charge is -2.31. The van der Waals surface area contributed by atoms with E-state index in [-0.39, 0.29) is 18.4 Å². The van der Waals surface area contributed by atoms with Gasteiger partial charge in [0, 0.05) is 32.7 Å². The molecular weight excluding hydrogens is 192 g/mol. The van der Waals surface area contributed by atoms with Crippen LogP contribution in [0.2, 0.25) is 0 Å². The number of carbonyl (C=O) groups is 1. The second kappa shape index (κ2) is 4.94. The van der Waals surface area contributed by atoms with Crippen LogP contribution in [0.3, 0.4) is 0 Å². The molecular formula is C11H22N2O2. The van der Waals surface area contributed by atoms with Gasteiger partial charge >= 0.3 is 0 Å². The molecule has 0 aromatic rings. The van der Waals surface area contributed by atoms with E-state index in [1.807, 2.05) is 19.0 Å². The monoisotopic (exact) mass is 214 g/mol. The Morgan fingerprint density at radius 2 is 2.07 bits per heavy atom. The SMILES string of the molecule is CC(CO)CN1C(=O)CC(C(C)C)N1C. The lowest BCUT2D eigenvalue weighted by molar-refractivity contribution is -0.138. The zero-order chi connectivity index (χ0) is 11.6. The van der Waals surface area contributed by atoms with Gasteiger partial charge in [0.05, 0.1) is 0 Å². The molecule has 4 nitrogen and oxygen atoms in total. The number of rotatable bonds is 4. The minimum atomic E-state index is 0.129. The maximum absolute atomic E-state index is 11.8. The van der Waals surface area contributed by atoms with Gasteiger partial charge in [-0.25, -0.2) is 5.01 Å². The van der Waals surface area contributed by atoms with Gasteiger partial charge in [0.15, 0.2) is 0 Å². The van der Waals surface area contributed by atoms with Crippen molar-refractivity contribution in [1.82, 2.24) is 10.0 Å². The third-order valence-electron chi connectivity index (χ3n) is 3.10. The van der Waals surface area contributed by atoms with Gasteiger partial charge in [-0.3, -0.25) is 9.80 Å². The molecule has 1 saturated heterocycles. The molecule has 88 valence electrons. The summed E-state index contributed by atoms with van der Waals surface area (Å²) >= 11 is 0. The van der Waals surface area contributed by atoms with Crippen LogP contribution in [-0.2, 0) is 4.79 Å². The summed E-state index contributed by atoms with van der Waals surface area (Å²) in [7, 11) is 1.96. The van der Waals surface area contributed by atoms with E-state index in [0.29, 0.717) is 24.9 Å². The van der Waals surface area contributed by atoms with E-state index in [9.17, 15) is 4.79 Å². The largest absolute Gasteiger partial charge is 0.396 e. The van der Waals surface area contributed by atoms with E-state index >= 15 is 0 Å². The summed E-state index contributed by atoms with van der Waals surface area (Å²) in [6.07, 6.45) is 0.603. The average molecular weight is 214 g/mol. The minimum Gasteiger partial charge on any atom is -0.396 e. The smallest absolute Gasteiger partial charge is 0.238 e. The Morgan fingerprint density at radius 1 is 1.47 bits per heavy atom. The summed E-state index contributed by atoms with van der Waals surface area (Å²) in [4.78, 5) is 11.8. The van der Waals surface area contributed by atoms with Crippen molar-refractivity contribution in [2.24, 2.45) is 11.8 Å². The second-order valence-electron chi connectivity index (χ2n) is 4.85. The number of aliphatic hydroxyl groups excluding tert-OH is 1. The Morgan fingerprint density at radius 3 is 2.47 bits per heavy atom. The third-order valence-corrected chi connectivity index (χ3v) is 3.10. The van der Waals surface area contributed by atoms with Gasteiger partial charge in [-0.2, -0.15) is 0 Å². The van der Waals surface area contributed by atoms with E-state index < -0.39 is 0 Å². The van der Waals surface area contributed by atoms with Crippen molar-refractivity contribution < 1.29 is 9.90 Å². The number of aliphatic hydroxyl groups is 1. The fourth-order valence-corrected chi connectivity index (χ4v) is 2.02. The van der Waals surface area contributed by atoms with Crippen LogP contribution in [0.4, 0.5) is 0 Å². The highest BCUT2D eigenvalue weighted by atomic mass is 16.3. The number of hydrogen-bond acceptors (Lipinski definition) is 3. The first-order chi connectivity index (χ1) is 6.97. The van der Waals surface area contributed by atoms with Gasteiger partial charge in [-0.15, -0.1) is 0 Å². The molecule has 1 N–H and O–H groups in total. The molecule has 0 aliphatic carbocycles. The Bertz CT molecular complexity index is 231. The highest BCUT2D eigenvalue weighted by Crippen LogP contribution is 2.24. The molecule has 1 heterocycles. The predicted octanol–water partition coefficient (Wildman–Crippen LogP) is 0.718. The number of hydrogen-bond donors (Lipinski definition) is 1. The molecule has 0 aromatic heterocycles. The first-order valence-electron chi connectivity index (χ1n) is 5.61. The van der Waals surface area contributed by atoms with E-state index in [0.717, 1.165) is 0 Å². The summed E-state index contributed by atoms with van der Waals surface area (Å²) in [6.45, 7) is 6.96. The molecule has 1 fully saturated rings. The maximum atomic E-state index is 11.8. The van der Waals surface area contributed by atoms with Crippen LogP contribution in [-0.4, -0.2) is 47.3 Å². The minimum absolute atomic E-state index is 0.129. The van der Waals surface area contributed by atoms with Crippen molar-refractivity contribution in [2.45, 2.75) is 33.2 Å². The van der Waals surface area contributed by atoms with Crippen molar-refractivity contribution in [3.8, 4) is 0 Å². The zero-order valence-electron chi connectivity index (χ0n) is 10.1. The van der Waals surface area contributed by atoms with Crippen molar-refractivity contribution >= 4 is 5.91 Å². The Kier molecular flexibility index (Phi) is 4.11. The van der Waals surface area contributed by atoms with Crippen molar-refractivity contribution in [3.63, 3.8) is 0 Å². The molecule has 1 amide bonds. The average Bonchev–Trinajstić information content (AvgIpc) is 2.45. The fourth-order valence-electron chi connectivity index (χ4n) is 2.02. The van der Waals surface area contributed by atoms with E-state index in [1.165, 1.54) is 0 Å². The summed E-state index contributed by atoms with van der Waals surface area (Å²) in [5, 5.41) is 12.8. The van der Waals surface area contributed by atoms with Crippen molar-refractivity contribution in [3.05, 3.63) is 0 Å². The quantitative estimate of drug-likeness (QED) is 0.750. The summed E-state index contributed by atoms with van der Waals surface area (Å²) in [5.41, 5.74) is 0. The first kappa shape index (κ1) is 12.5. The van der Waals surface area contributed by atoms with Crippen LogP contribution < -0.4 is 0 Å². The Balaban J connectivity index is 2.62. The van der Waals surface area contributed by atoms with Crippen LogP contribution in [0.5, 0.6) is 0 Å². The molecule has 0 aromatic carbocycles. The van der Waals surface area contributed by atoms with E-state index in [2.05, 4.69) is 13.8 Å². The molecule has 0 bridgehead atoms. The summed E-state index contributed by atoms with van der Waals surface area (Å²) in [5.74, 6) is 0.798. The Hall–Kier alpha value is -0.610. The normalized spacial score (nSPS) is 25.3. The summed E-state index contributed by atoms with van der Waals surface area (Å²) in [6, 6.07) is 0.309. The number of nitrogens with zero attached hydrogens (tertiary/aromatic N) is 2. The zero-order valence-corrected chi connectivity index (χ0v) is 10.1. The molecule has 0 radical (unpaired) electrons. The lowest BCUT2D eigenvalue weighted by Crippen LogP contribution is -2.43. The molecule has 0 saturated carbocycles. The molecule has 2 atom stereocenters. The number of carbonyl (C=O) groups excluding carboxylic acids is 1. The van der Waals surface area contributed by atoms with Crippen molar-refractivity contribution in [2.75, 3.05) is 20.2 Å². The molecule has 15 heavy (non-hydrogen) atoms. The standard InChI is InChI=1S/C11H22N2O2/c1-8(2)10-5-11(15)13(12(10)4)6-9(3)7-14/h8-10,14H,5-7H2,1-4H3. The van der Waals surface area contributed by atoms with Crippen LogP contribution in [0.1, 0.15) is 27.2 Å². The molecule has 1 aliphatic rings. The van der Waals surface area contributed by atoms with Crippen LogP contribution >= 0.6 is 0 Å². The maximum Gasteiger partial charge on any atom is 0.238 e. The van der Waals surface area contributed by atoms with Gasteiger partial charge < -0.3 is 5.11 Å². The third kappa shape index (κ3) is 2.69. The van der Waals surface area contributed by atoms with Crippen LogP contribution in [0.15, 0.2) is 0 Å². The van der Waals surface area contributed by atoms with Gasteiger partial charge in [-0.1, -0.05) is 20.8 Å². The number of amides is 1. The van der Waals surface area contributed by atoms with Gasteiger partial charge in [0.1, 0.15) is 0 Å². The number of hydrazine groups is 1. The van der Waals surface area contributed by atoms with Gasteiger partial charge in [-0.05, 0) is 11.8 Å². The molecule has 4 heteroatoms. The summed E-state index contributed by atoms with van der Waals surface area (Å²) < 4.78 is 0. The van der Waals surface area contributed by atoms with Crippen LogP contribution in [0.25, 0.3) is 0 Å². The molecule has 1 rings (SSSR count). The van der Waals surface area contributed by atoms with Crippen LogP contribution in [0, 0.1) is 11.8 Å². The molecule has 0 spiro atoms. The second-order valence-corrected chi connectivity index (χ2v) is 4.85. The van der Waals surface area contributed by atoms with Gasteiger partial charge in [0.25, 0.3) is 0 Å². The Labute approximate surface area is 91.8 Å². The lowest BCUT2D eigenvalue weighted by atomic mass is 10.0. The fraction of sp³-hybridized carbons (Fsp3) is 0.909. The predicted molar refractivity (Wildman–Crippen MR) is 59.0 cm³/mol. The van der Waals surface area contributed by atoms with Crippen molar-refractivity contribution in [1.29, 1.82) is 0 Å². The highest BCUT2D eigenvalue weighted by Gasteiger charge is 2.36. The topological polar surface area (TPSA) is 43.8 Å².